The molecule has 0 saturated carbocycles. The standard InChI is InChI=1S/C10H14BrNO4S3/c1-2-12(8-5-6-18(13,14)7-8)19(15,16)10-4-3-9(11)17-10/h3-4,8H,2,5-7H2,1H3/t8-/m0/s1. The third kappa shape index (κ3) is 3.21. The molecule has 2 rings (SSSR count). The first-order valence-corrected chi connectivity index (χ1v) is 10.6. The number of halogens is 1. The van der Waals surface area contributed by atoms with Crippen LogP contribution in [0.15, 0.2) is 20.1 Å². The average molecular weight is 388 g/mol. The van der Waals surface area contributed by atoms with E-state index in [1.165, 1.54) is 10.4 Å². The smallest absolute Gasteiger partial charge is 0.229 e. The number of rotatable bonds is 4. The molecule has 1 fully saturated rings. The predicted octanol–water partition coefficient (Wildman–Crippen LogP) is 1.71. The summed E-state index contributed by atoms with van der Waals surface area (Å²) in [6.45, 7) is 2.00. The van der Waals surface area contributed by atoms with Crippen LogP contribution in [0.3, 0.4) is 0 Å². The molecule has 1 aliphatic heterocycles. The van der Waals surface area contributed by atoms with E-state index in [0.29, 0.717) is 6.42 Å². The van der Waals surface area contributed by atoms with Gasteiger partial charge in [-0.05, 0) is 34.5 Å². The Bertz CT molecular complexity index is 665. The fourth-order valence-electron chi connectivity index (χ4n) is 2.18. The van der Waals surface area contributed by atoms with E-state index >= 15 is 0 Å². The Hall–Kier alpha value is 0.0400. The topological polar surface area (TPSA) is 71.5 Å². The number of sulfonamides is 1. The van der Waals surface area contributed by atoms with Gasteiger partial charge in [0.05, 0.1) is 15.3 Å². The zero-order valence-electron chi connectivity index (χ0n) is 10.2. The summed E-state index contributed by atoms with van der Waals surface area (Å²) in [7, 11) is -6.71. The van der Waals surface area contributed by atoms with Crippen molar-refractivity contribution < 1.29 is 16.8 Å². The molecule has 0 spiro atoms. The van der Waals surface area contributed by atoms with E-state index < -0.39 is 25.9 Å². The highest BCUT2D eigenvalue weighted by atomic mass is 79.9. The monoisotopic (exact) mass is 387 g/mol. The van der Waals surface area contributed by atoms with Crippen molar-refractivity contribution in [3.63, 3.8) is 0 Å². The Labute approximate surface area is 125 Å². The quantitative estimate of drug-likeness (QED) is 0.787. The van der Waals surface area contributed by atoms with Gasteiger partial charge in [0.1, 0.15) is 4.21 Å². The number of hydrogen-bond donors (Lipinski definition) is 0. The second kappa shape index (κ2) is 5.44. The van der Waals surface area contributed by atoms with Gasteiger partial charge >= 0.3 is 0 Å². The van der Waals surface area contributed by atoms with Gasteiger partial charge in [0, 0.05) is 12.6 Å². The highest BCUT2D eigenvalue weighted by Gasteiger charge is 2.38. The first-order chi connectivity index (χ1) is 8.76. The summed E-state index contributed by atoms with van der Waals surface area (Å²) in [5, 5.41) is 0. The molecule has 1 aromatic heterocycles. The van der Waals surface area contributed by atoms with Gasteiger partial charge in [-0.2, -0.15) is 4.31 Å². The molecule has 19 heavy (non-hydrogen) atoms. The largest absolute Gasteiger partial charge is 0.252 e. The lowest BCUT2D eigenvalue weighted by Gasteiger charge is -2.25. The van der Waals surface area contributed by atoms with Crippen LogP contribution in [0, 0.1) is 0 Å². The SMILES string of the molecule is CCN([C@H]1CCS(=O)(=O)C1)S(=O)(=O)c1ccc(Br)s1. The van der Waals surface area contributed by atoms with Crippen LogP contribution in [0.25, 0.3) is 0 Å². The van der Waals surface area contributed by atoms with Crippen molar-refractivity contribution in [2.75, 3.05) is 18.1 Å². The van der Waals surface area contributed by atoms with Crippen LogP contribution in [0.1, 0.15) is 13.3 Å². The minimum atomic E-state index is -3.61. The normalized spacial score (nSPS) is 23.0. The van der Waals surface area contributed by atoms with Gasteiger partial charge in [0.15, 0.2) is 9.84 Å². The maximum atomic E-state index is 12.5. The van der Waals surface area contributed by atoms with Crippen molar-refractivity contribution in [2.45, 2.75) is 23.6 Å². The zero-order valence-corrected chi connectivity index (χ0v) is 14.3. The molecule has 0 amide bonds. The summed E-state index contributed by atoms with van der Waals surface area (Å²) in [5.41, 5.74) is 0. The van der Waals surface area contributed by atoms with Crippen molar-refractivity contribution in [3.8, 4) is 0 Å². The maximum absolute atomic E-state index is 12.5. The number of sulfone groups is 1. The van der Waals surface area contributed by atoms with Gasteiger partial charge in [0.25, 0.3) is 10.0 Å². The predicted molar refractivity (Wildman–Crippen MR) is 78.6 cm³/mol. The van der Waals surface area contributed by atoms with Crippen molar-refractivity contribution >= 4 is 47.1 Å². The summed E-state index contributed by atoms with van der Waals surface area (Å²) in [5.74, 6) is -0.00949. The molecule has 1 aliphatic rings. The second-order valence-electron chi connectivity index (χ2n) is 4.32. The summed E-state index contributed by atoms with van der Waals surface area (Å²) in [4.78, 5) is 0. The van der Waals surface area contributed by atoms with Crippen LogP contribution in [-0.4, -0.2) is 45.2 Å². The summed E-state index contributed by atoms with van der Waals surface area (Å²) in [6.07, 6.45) is 0.377. The Balaban J connectivity index is 2.32. The minimum absolute atomic E-state index is 0.0673. The molecule has 1 saturated heterocycles. The van der Waals surface area contributed by atoms with E-state index in [-0.39, 0.29) is 22.3 Å². The van der Waals surface area contributed by atoms with E-state index in [1.807, 2.05) is 0 Å². The zero-order chi connectivity index (χ0) is 14.3. The van der Waals surface area contributed by atoms with Gasteiger partial charge in [-0.3, -0.25) is 0 Å². The number of thiophene rings is 1. The maximum Gasteiger partial charge on any atom is 0.252 e. The highest BCUT2D eigenvalue weighted by molar-refractivity contribution is 9.11. The fourth-order valence-corrected chi connectivity index (χ4v) is 7.81. The Kier molecular flexibility index (Phi) is 4.41. The molecule has 1 aromatic rings. The average Bonchev–Trinajstić information content (AvgIpc) is 2.86. The lowest BCUT2D eigenvalue weighted by Crippen LogP contribution is -2.40. The molecule has 0 aliphatic carbocycles. The third-order valence-electron chi connectivity index (χ3n) is 3.04. The van der Waals surface area contributed by atoms with E-state index in [4.69, 9.17) is 0 Å². The summed E-state index contributed by atoms with van der Waals surface area (Å²) < 4.78 is 50.3. The van der Waals surface area contributed by atoms with Gasteiger partial charge in [-0.1, -0.05) is 6.92 Å². The molecule has 0 radical (unpaired) electrons. The molecule has 2 heterocycles. The van der Waals surface area contributed by atoms with Crippen LogP contribution in [-0.2, 0) is 19.9 Å². The van der Waals surface area contributed by atoms with Gasteiger partial charge in [-0.25, -0.2) is 16.8 Å². The molecule has 0 N–H and O–H groups in total. The van der Waals surface area contributed by atoms with E-state index in [1.54, 1.807) is 13.0 Å². The van der Waals surface area contributed by atoms with Crippen molar-refractivity contribution in [1.29, 1.82) is 0 Å². The van der Waals surface area contributed by atoms with Crippen LogP contribution < -0.4 is 0 Å². The molecule has 1 atom stereocenters. The molecule has 0 unspecified atom stereocenters. The molecule has 5 nitrogen and oxygen atoms in total. The van der Waals surface area contributed by atoms with Crippen LogP contribution >= 0.6 is 27.3 Å². The second-order valence-corrected chi connectivity index (χ2v) is 11.1. The molecule has 0 aromatic carbocycles. The Morgan fingerprint density at radius 1 is 1.47 bits per heavy atom. The first-order valence-electron chi connectivity index (χ1n) is 5.74. The van der Waals surface area contributed by atoms with E-state index in [0.717, 1.165) is 15.1 Å². The molecule has 9 heteroatoms. The van der Waals surface area contributed by atoms with E-state index in [2.05, 4.69) is 15.9 Å². The van der Waals surface area contributed by atoms with Gasteiger partial charge in [-0.15, -0.1) is 11.3 Å². The number of nitrogens with zero attached hydrogens (tertiary/aromatic N) is 1. The molecular formula is C10H14BrNO4S3. The highest BCUT2D eigenvalue weighted by Crippen LogP contribution is 2.31. The molecular weight excluding hydrogens is 374 g/mol. The minimum Gasteiger partial charge on any atom is -0.229 e. The number of hydrogen-bond acceptors (Lipinski definition) is 5. The van der Waals surface area contributed by atoms with Gasteiger partial charge < -0.3 is 0 Å². The van der Waals surface area contributed by atoms with E-state index in [9.17, 15) is 16.8 Å². The summed E-state index contributed by atoms with van der Waals surface area (Å²) >= 11 is 4.37. The third-order valence-corrected chi connectivity index (χ3v) is 8.91. The van der Waals surface area contributed by atoms with Gasteiger partial charge in [0.2, 0.25) is 0 Å². The lowest BCUT2D eigenvalue weighted by molar-refractivity contribution is 0.355. The van der Waals surface area contributed by atoms with Crippen molar-refractivity contribution in [2.24, 2.45) is 0 Å². The van der Waals surface area contributed by atoms with Crippen LogP contribution in [0.5, 0.6) is 0 Å². The van der Waals surface area contributed by atoms with Crippen molar-refractivity contribution in [1.82, 2.24) is 4.31 Å². The fraction of sp³-hybridized carbons (Fsp3) is 0.600. The molecule has 0 bridgehead atoms. The Morgan fingerprint density at radius 2 is 2.16 bits per heavy atom. The van der Waals surface area contributed by atoms with Crippen LogP contribution in [0.4, 0.5) is 0 Å². The van der Waals surface area contributed by atoms with Crippen molar-refractivity contribution in [3.05, 3.63) is 15.9 Å². The lowest BCUT2D eigenvalue weighted by atomic mass is 10.3. The molecule has 108 valence electrons. The summed E-state index contributed by atoms with van der Waals surface area (Å²) in [6, 6.07) is 2.77. The van der Waals surface area contributed by atoms with Crippen LogP contribution in [0.2, 0.25) is 0 Å². The Morgan fingerprint density at radius 3 is 2.58 bits per heavy atom. The first kappa shape index (κ1) is 15.4.